The van der Waals surface area contributed by atoms with Crippen molar-refractivity contribution in [2.45, 2.75) is 62.3 Å². The van der Waals surface area contributed by atoms with Crippen molar-refractivity contribution in [2.24, 2.45) is 0 Å². The number of methoxy groups -OCH3 is 2. The minimum absolute atomic E-state index is 0.158. The highest BCUT2D eigenvalue weighted by Crippen LogP contribution is 2.29. The number of esters is 1. The molecule has 0 aliphatic carbocycles. The molecule has 2 rings (SSSR count). The predicted molar refractivity (Wildman–Crippen MR) is 125 cm³/mol. The number of benzene rings is 2. The van der Waals surface area contributed by atoms with Crippen LogP contribution in [0.15, 0.2) is 47.4 Å². The number of ether oxygens (including phenoxy) is 2. The van der Waals surface area contributed by atoms with E-state index < -0.39 is 21.2 Å². The zero-order valence-corrected chi connectivity index (χ0v) is 19.8. The summed E-state index contributed by atoms with van der Waals surface area (Å²) in [5.41, 5.74) is 0.881. The number of aliphatic hydroxyl groups excluding tert-OH is 1. The van der Waals surface area contributed by atoms with Crippen LogP contribution in [0.1, 0.15) is 61.4 Å². The highest BCUT2D eigenvalue weighted by Gasteiger charge is 2.29. The Bertz CT molecular complexity index is 972. The molecule has 8 heteroatoms. The molecule has 0 aliphatic heterocycles. The van der Waals surface area contributed by atoms with E-state index in [1.165, 1.54) is 26.4 Å². The number of unbranched alkanes of at least 4 members (excludes halogenated alkanes) is 4. The lowest BCUT2D eigenvalue weighted by atomic mass is 10.1. The summed E-state index contributed by atoms with van der Waals surface area (Å²) >= 11 is 0. The number of rotatable bonds is 13. The maximum absolute atomic E-state index is 13.5. The van der Waals surface area contributed by atoms with E-state index in [0.29, 0.717) is 24.2 Å². The third-order valence-electron chi connectivity index (χ3n) is 5.36. The van der Waals surface area contributed by atoms with Gasteiger partial charge < -0.3 is 19.9 Å². The summed E-state index contributed by atoms with van der Waals surface area (Å²) < 4.78 is 37.0. The third kappa shape index (κ3) is 6.46. The average molecular weight is 464 g/mol. The fraction of sp³-hybridized carbons (Fsp3) is 0.458. The number of carbonyl (C=O) groups excluding carboxylic acids is 1. The molecule has 0 saturated heterocycles. The third-order valence-corrected chi connectivity index (χ3v) is 7.40. The quantitative estimate of drug-likeness (QED) is 0.332. The van der Waals surface area contributed by atoms with E-state index in [-0.39, 0.29) is 22.8 Å². The van der Waals surface area contributed by atoms with E-state index in [1.807, 2.05) is 0 Å². The number of para-hydroxylation sites is 1. The van der Waals surface area contributed by atoms with Crippen LogP contribution >= 0.6 is 0 Å². The second kappa shape index (κ2) is 12.5. The van der Waals surface area contributed by atoms with Crippen molar-refractivity contribution >= 4 is 21.5 Å². The van der Waals surface area contributed by atoms with E-state index in [1.54, 1.807) is 30.3 Å². The lowest BCUT2D eigenvalue weighted by Crippen LogP contribution is -2.31. The fourth-order valence-corrected chi connectivity index (χ4v) is 5.11. The molecule has 0 aromatic heterocycles. The topological polar surface area (TPSA) is 102 Å². The first-order chi connectivity index (χ1) is 15.4. The Morgan fingerprint density at radius 3 is 2.31 bits per heavy atom. The van der Waals surface area contributed by atoms with Crippen molar-refractivity contribution in [3.05, 3.63) is 53.6 Å². The van der Waals surface area contributed by atoms with Gasteiger partial charge >= 0.3 is 5.97 Å². The summed E-state index contributed by atoms with van der Waals surface area (Å²) in [4.78, 5) is 12.5. The predicted octanol–water partition coefficient (Wildman–Crippen LogP) is 4.55. The van der Waals surface area contributed by atoms with Gasteiger partial charge in [0.2, 0.25) is 0 Å². The van der Waals surface area contributed by atoms with Crippen LogP contribution in [0.5, 0.6) is 5.75 Å². The first-order valence-electron chi connectivity index (χ1n) is 10.8. The number of carbonyl (C=O) groups is 1. The van der Waals surface area contributed by atoms with Crippen molar-refractivity contribution in [3.63, 3.8) is 0 Å². The lowest BCUT2D eigenvalue weighted by molar-refractivity contribution is 0.0601. The number of aliphatic hydroxyl groups is 1. The van der Waals surface area contributed by atoms with E-state index in [9.17, 15) is 18.3 Å². The number of anilines is 1. The van der Waals surface area contributed by atoms with Crippen LogP contribution in [-0.2, 0) is 21.2 Å². The Hall–Kier alpha value is -2.58. The van der Waals surface area contributed by atoms with E-state index >= 15 is 0 Å². The maximum Gasteiger partial charge on any atom is 0.339 e. The van der Waals surface area contributed by atoms with Gasteiger partial charge in [0.25, 0.3) is 0 Å². The van der Waals surface area contributed by atoms with Crippen molar-refractivity contribution in [1.82, 2.24) is 0 Å². The van der Waals surface area contributed by atoms with Crippen molar-refractivity contribution < 1.29 is 27.8 Å². The number of nitrogens with one attached hydrogen (secondary N) is 1. The van der Waals surface area contributed by atoms with Gasteiger partial charge in [0.05, 0.1) is 37.0 Å². The molecule has 0 aliphatic rings. The molecule has 0 amide bonds. The van der Waals surface area contributed by atoms with Crippen LogP contribution in [0, 0.1) is 0 Å². The molecule has 0 saturated carbocycles. The molecule has 0 radical (unpaired) electrons. The van der Waals surface area contributed by atoms with Crippen molar-refractivity contribution in [1.29, 1.82) is 0 Å². The molecule has 1 unspecified atom stereocenters. The Morgan fingerprint density at radius 1 is 1.03 bits per heavy atom. The summed E-state index contributed by atoms with van der Waals surface area (Å²) in [6, 6.07) is 11.1. The van der Waals surface area contributed by atoms with Gasteiger partial charge in [0, 0.05) is 5.56 Å². The first kappa shape index (κ1) is 25.7. The number of sulfone groups is 1. The summed E-state index contributed by atoms with van der Waals surface area (Å²) in [5.74, 6) is -0.0435. The van der Waals surface area contributed by atoms with Gasteiger partial charge in [-0.3, -0.25) is 0 Å². The SMILES string of the molecule is CCCCCCCC(Nc1c(CO)cccc1C(=O)OC)S(=O)(=O)c1ccc(OC)cc1. The van der Waals surface area contributed by atoms with Gasteiger partial charge in [-0.1, -0.05) is 51.2 Å². The van der Waals surface area contributed by atoms with Crippen LogP contribution in [0.4, 0.5) is 5.69 Å². The summed E-state index contributed by atoms with van der Waals surface area (Å²) in [6.07, 6.45) is 5.21. The molecule has 0 bridgehead atoms. The molecule has 2 aromatic rings. The van der Waals surface area contributed by atoms with Gasteiger partial charge in [0.1, 0.15) is 11.1 Å². The molecule has 7 nitrogen and oxygen atoms in total. The van der Waals surface area contributed by atoms with Crippen LogP contribution < -0.4 is 10.1 Å². The van der Waals surface area contributed by atoms with E-state index in [2.05, 4.69) is 12.2 Å². The molecule has 1 atom stereocenters. The monoisotopic (exact) mass is 463 g/mol. The van der Waals surface area contributed by atoms with Gasteiger partial charge in [-0.15, -0.1) is 0 Å². The molecular weight excluding hydrogens is 430 g/mol. The molecule has 2 N–H and O–H groups in total. The largest absolute Gasteiger partial charge is 0.497 e. The zero-order valence-electron chi connectivity index (χ0n) is 19.0. The number of hydrogen-bond acceptors (Lipinski definition) is 7. The van der Waals surface area contributed by atoms with Crippen LogP contribution in [0.2, 0.25) is 0 Å². The molecule has 0 fully saturated rings. The molecular formula is C24H33NO6S. The minimum atomic E-state index is -3.79. The van der Waals surface area contributed by atoms with Crippen LogP contribution in [0.3, 0.4) is 0 Å². The summed E-state index contributed by atoms with van der Waals surface area (Å²) in [6.45, 7) is 1.78. The normalized spacial score (nSPS) is 12.2. The molecule has 0 spiro atoms. The lowest BCUT2D eigenvalue weighted by Gasteiger charge is -2.23. The zero-order chi connectivity index (χ0) is 23.6. The first-order valence-corrected chi connectivity index (χ1v) is 12.4. The summed E-state index contributed by atoms with van der Waals surface area (Å²) in [5, 5.41) is 11.9. The average Bonchev–Trinajstić information content (AvgIpc) is 2.82. The smallest absolute Gasteiger partial charge is 0.339 e. The van der Waals surface area contributed by atoms with Crippen LogP contribution in [-0.4, -0.2) is 39.1 Å². The van der Waals surface area contributed by atoms with Gasteiger partial charge in [-0.25, -0.2) is 13.2 Å². The number of hydrogen-bond donors (Lipinski definition) is 2. The highest BCUT2D eigenvalue weighted by molar-refractivity contribution is 7.92. The maximum atomic E-state index is 13.5. The summed E-state index contributed by atoms with van der Waals surface area (Å²) in [7, 11) is -1.01. The Labute approximate surface area is 190 Å². The molecule has 0 heterocycles. The van der Waals surface area contributed by atoms with Crippen molar-refractivity contribution in [3.8, 4) is 5.75 Å². The van der Waals surface area contributed by atoms with Crippen molar-refractivity contribution in [2.75, 3.05) is 19.5 Å². The fourth-order valence-electron chi connectivity index (χ4n) is 3.51. The second-order valence-corrected chi connectivity index (χ2v) is 9.68. The second-order valence-electron chi connectivity index (χ2n) is 7.55. The van der Waals surface area contributed by atoms with E-state index in [4.69, 9.17) is 9.47 Å². The van der Waals surface area contributed by atoms with Gasteiger partial charge in [-0.05, 0) is 36.8 Å². The standard InChI is InChI=1S/C24H33NO6S/c1-4-5-6-7-8-12-22(32(28,29)20-15-13-19(30-2)14-16-20)25-23-18(17-26)10-9-11-21(23)24(27)31-3/h9-11,13-16,22,25-26H,4-8,12,17H2,1-3H3. The molecule has 176 valence electrons. The molecule has 32 heavy (non-hydrogen) atoms. The van der Waals surface area contributed by atoms with Gasteiger partial charge in [0.15, 0.2) is 9.84 Å². The molecule has 2 aromatic carbocycles. The highest BCUT2D eigenvalue weighted by atomic mass is 32.2. The van der Waals surface area contributed by atoms with E-state index in [0.717, 1.165) is 25.7 Å². The Morgan fingerprint density at radius 2 is 1.72 bits per heavy atom. The Kier molecular flexibility index (Phi) is 9.99. The Balaban J connectivity index is 2.42. The van der Waals surface area contributed by atoms with Gasteiger partial charge in [-0.2, -0.15) is 0 Å². The van der Waals surface area contributed by atoms with Crippen LogP contribution in [0.25, 0.3) is 0 Å². The minimum Gasteiger partial charge on any atom is -0.497 e.